The Bertz CT molecular complexity index is 1450. The van der Waals surface area contributed by atoms with Crippen LogP contribution in [0.5, 0.6) is 0 Å². The number of rotatable bonds is 11. The minimum Gasteiger partial charge on any atom is -0.350 e. The molecule has 0 aliphatic carbocycles. The number of hydrogen-bond donors (Lipinski definition) is 1. The number of aryl methyl sites for hydroxylation is 2. The highest BCUT2D eigenvalue weighted by Crippen LogP contribution is 2.27. The quantitative estimate of drug-likeness (QED) is 0.277. The first-order valence-corrected chi connectivity index (χ1v) is 16.3. The van der Waals surface area contributed by atoms with Crippen LogP contribution < -0.4 is 9.62 Å². The number of nitrogens with one attached hydrogen (secondary N) is 1. The summed E-state index contributed by atoms with van der Waals surface area (Å²) in [6, 6.07) is 20.6. The summed E-state index contributed by atoms with van der Waals surface area (Å²) >= 11 is 1.52. The minimum atomic E-state index is -4.11. The average molecular weight is 596 g/mol. The van der Waals surface area contributed by atoms with Crippen LogP contribution >= 0.6 is 11.8 Å². The van der Waals surface area contributed by atoms with Gasteiger partial charge in [-0.3, -0.25) is 13.9 Å². The van der Waals surface area contributed by atoms with Crippen molar-refractivity contribution in [3.63, 3.8) is 0 Å². The monoisotopic (exact) mass is 595 g/mol. The third kappa shape index (κ3) is 8.60. The Morgan fingerprint density at radius 2 is 1.56 bits per heavy atom. The van der Waals surface area contributed by atoms with E-state index in [1.165, 1.54) is 16.7 Å². The summed E-state index contributed by atoms with van der Waals surface area (Å²) in [5, 5.41) is 2.99. The lowest BCUT2D eigenvalue weighted by molar-refractivity contribution is -0.141. The van der Waals surface area contributed by atoms with Gasteiger partial charge in [0.25, 0.3) is 10.0 Å². The lowest BCUT2D eigenvalue weighted by Crippen LogP contribution is -2.55. The van der Waals surface area contributed by atoms with E-state index in [0.717, 1.165) is 25.9 Å². The Morgan fingerprint density at radius 3 is 2.10 bits per heavy atom. The van der Waals surface area contributed by atoms with Crippen molar-refractivity contribution in [3.05, 3.63) is 89.5 Å². The van der Waals surface area contributed by atoms with Crippen molar-refractivity contribution in [1.29, 1.82) is 0 Å². The van der Waals surface area contributed by atoms with Crippen LogP contribution in [0.1, 0.15) is 50.8 Å². The van der Waals surface area contributed by atoms with Gasteiger partial charge in [-0.2, -0.15) is 0 Å². The van der Waals surface area contributed by atoms with E-state index in [4.69, 9.17) is 0 Å². The summed E-state index contributed by atoms with van der Waals surface area (Å²) < 4.78 is 29.2. The number of amides is 2. The Morgan fingerprint density at radius 1 is 0.927 bits per heavy atom. The summed E-state index contributed by atoms with van der Waals surface area (Å²) in [5.74, 6) is -0.745. The van der Waals surface area contributed by atoms with Crippen LogP contribution in [0.25, 0.3) is 0 Å². The molecule has 3 aromatic carbocycles. The predicted octanol–water partition coefficient (Wildman–Crippen LogP) is 5.94. The van der Waals surface area contributed by atoms with Crippen LogP contribution in [0.15, 0.2) is 82.6 Å². The van der Waals surface area contributed by atoms with Gasteiger partial charge in [0.05, 0.1) is 10.6 Å². The fourth-order valence-corrected chi connectivity index (χ4v) is 6.32. The average Bonchev–Trinajstić information content (AvgIpc) is 2.91. The van der Waals surface area contributed by atoms with E-state index in [-0.39, 0.29) is 17.3 Å². The van der Waals surface area contributed by atoms with Crippen molar-refractivity contribution in [2.45, 2.75) is 75.9 Å². The van der Waals surface area contributed by atoms with Crippen LogP contribution in [0.2, 0.25) is 0 Å². The van der Waals surface area contributed by atoms with Crippen molar-refractivity contribution < 1.29 is 18.0 Å². The fourth-order valence-electron chi connectivity index (χ4n) is 4.49. The molecule has 2 amide bonds. The molecule has 1 N–H and O–H groups in total. The van der Waals surface area contributed by atoms with Crippen LogP contribution in [0.4, 0.5) is 5.69 Å². The molecule has 7 nitrogen and oxygen atoms in total. The first-order chi connectivity index (χ1) is 19.2. The molecule has 0 saturated heterocycles. The largest absolute Gasteiger partial charge is 0.350 e. The highest BCUT2D eigenvalue weighted by atomic mass is 32.2. The number of sulfonamides is 1. The summed E-state index contributed by atoms with van der Waals surface area (Å²) in [7, 11) is -4.11. The van der Waals surface area contributed by atoms with Gasteiger partial charge in [0.2, 0.25) is 11.8 Å². The highest BCUT2D eigenvalue weighted by molar-refractivity contribution is 7.98. The van der Waals surface area contributed by atoms with Crippen LogP contribution in [0.3, 0.4) is 0 Å². The molecule has 0 aromatic heterocycles. The number of nitrogens with zero attached hydrogens (tertiary/aromatic N) is 2. The molecular formula is C32H41N3O4S2. The maximum absolute atomic E-state index is 14.2. The first-order valence-electron chi connectivity index (χ1n) is 13.7. The van der Waals surface area contributed by atoms with Crippen molar-refractivity contribution in [3.8, 4) is 0 Å². The van der Waals surface area contributed by atoms with E-state index in [1.54, 1.807) is 36.4 Å². The summed E-state index contributed by atoms with van der Waals surface area (Å²) in [6.07, 6.45) is 2.29. The molecule has 0 aliphatic heterocycles. The Kier molecular flexibility index (Phi) is 10.7. The zero-order chi connectivity index (χ0) is 30.4. The fraction of sp³-hybridized carbons (Fsp3) is 0.375. The van der Waals surface area contributed by atoms with Crippen LogP contribution in [0, 0.1) is 13.8 Å². The SMILES string of the molecule is CCC(C(=O)NC(C)(C)C)N(Cc1cccc(C)c1)C(=O)CN(c1ccc(C)cc1)S(=O)(=O)c1ccc(SC)cc1. The maximum atomic E-state index is 14.2. The van der Waals surface area contributed by atoms with Crippen molar-refractivity contribution in [2.75, 3.05) is 17.1 Å². The lowest BCUT2D eigenvalue weighted by atomic mass is 10.0. The molecule has 0 bridgehead atoms. The molecule has 1 atom stereocenters. The standard InChI is InChI=1S/C32H41N3O4S2/c1-8-29(31(37)33-32(4,5)6)34(21-25-11-9-10-24(3)20-25)30(36)22-35(26-14-12-23(2)13-15-26)41(38,39)28-18-16-27(40-7)17-19-28/h9-20,29H,8,21-22H2,1-7H3,(H,33,37). The molecule has 0 saturated carbocycles. The number of hydrogen-bond acceptors (Lipinski definition) is 5. The maximum Gasteiger partial charge on any atom is 0.264 e. The summed E-state index contributed by atoms with van der Waals surface area (Å²) in [6.45, 7) is 11.1. The van der Waals surface area contributed by atoms with E-state index in [9.17, 15) is 18.0 Å². The molecule has 9 heteroatoms. The number of anilines is 1. The zero-order valence-corrected chi connectivity index (χ0v) is 26.6. The molecule has 0 aliphatic rings. The first kappa shape index (κ1) is 32.2. The molecule has 220 valence electrons. The topological polar surface area (TPSA) is 86.8 Å². The molecule has 3 rings (SSSR count). The van der Waals surface area contributed by atoms with Crippen molar-refractivity contribution in [1.82, 2.24) is 10.2 Å². The third-order valence-corrected chi connectivity index (χ3v) is 9.10. The van der Waals surface area contributed by atoms with Gasteiger partial charge in [-0.25, -0.2) is 8.42 Å². The number of carbonyl (C=O) groups excluding carboxylic acids is 2. The third-order valence-electron chi connectivity index (χ3n) is 6.57. The molecule has 0 radical (unpaired) electrons. The summed E-state index contributed by atoms with van der Waals surface area (Å²) in [4.78, 5) is 30.1. The van der Waals surface area contributed by atoms with Crippen molar-refractivity contribution >= 4 is 39.3 Å². The van der Waals surface area contributed by atoms with Crippen molar-refractivity contribution in [2.24, 2.45) is 0 Å². The molecule has 3 aromatic rings. The van der Waals surface area contributed by atoms with Gasteiger partial charge in [0.15, 0.2) is 0 Å². The van der Waals surface area contributed by atoms with Gasteiger partial charge in [-0.05, 0) is 89.3 Å². The van der Waals surface area contributed by atoms with E-state index in [2.05, 4.69) is 5.32 Å². The second-order valence-corrected chi connectivity index (χ2v) is 13.9. The predicted molar refractivity (Wildman–Crippen MR) is 168 cm³/mol. The van der Waals surface area contributed by atoms with Gasteiger partial charge in [-0.1, -0.05) is 54.4 Å². The second kappa shape index (κ2) is 13.6. The second-order valence-electron chi connectivity index (χ2n) is 11.2. The number of benzene rings is 3. The van der Waals surface area contributed by atoms with Gasteiger partial charge in [0, 0.05) is 17.0 Å². The summed E-state index contributed by atoms with van der Waals surface area (Å²) in [5.41, 5.74) is 2.73. The highest BCUT2D eigenvalue weighted by Gasteiger charge is 2.34. The van der Waals surface area contributed by atoms with Gasteiger partial charge < -0.3 is 10.2 Å². The molecule has 41 heavy (non-hydrogen) atoms. The van der Waals surface area contributed by atoms with Gasteiger partial charge in [0.1, 0.15) is 12.6 Å². The number of carbonyl (C=O) groups is 2. The molecular weight excluding hydrogens is 555 g/mol. The smallest absolute Gasteiger partial charge is 0.264 e. The normalized spacial score (nSPS) is 12.5. The van der Waals surface area contributed by atoms with Gasteiger partial charge in [-0.15, -0.1) is 11.8 Å². The molecule has 0 spiro atoms. The lowest BCUT2D eigenvalue weighted by Gasteiger charge is -2.35. The Balaban J connectivity index is 2.07. The molecule has 1 unspecified atom stereocenters. The Labute approximate surface area is 249 Å². The zero-order valence-electron chi connectivity index (χ0n) is 25.0. The minimum absolute atomic E-state index is 0.0893. The van der Waals surface area contributed by atoms with E-state index in [0.29, 0.717) is 12.1 Å². The Hall–Kier alpha value is -3.30. The molecule has 0 heterocycles. The van der Waals surface area contributed by atoms with Crippen LogP contribution in [-0.2, 0) is 26.2 Å². The van der Waals surface area contributed by atoms with E-state index >= 15 is 0 Å². The van der Waals surface area contributed by atoms with Crippen LogP contribution in [-0.4, -0.2) is 49.5 Å². The molecule has 0 fully saturated rings. The van der Waals surface area contributed by atoms with E-state index < -0.39 is 34.1 Å². The van der Waals surface area contributed by atoms with E-state index in [1.807, 2.05) is 84.2 Å². The van der Waals surface area contributed by atoms with Gasteiger partial charge >= 0.3 is 0 Å². The number of thioether (sulfide) groups is 1.